The maximum atomic E-state index is 7.59. The molecule has 0 fully saturated rings. The van der Waals surface area contributed by atoms with E-state index in [0.717, 1.165) is 5.69 Å². The third-order valence-electron chi connectivity index (χ3n) is 2.26. The molecule has 0 bridgehead atoms. The number of nitrogens with zero attached hydrogens (tertiary/aromatic N) is 1. The SMILES string of the molecule is COc1cc(Oc2cccc(C)n2)ccc1[NH]. The number of benzene rings is 1. The molecule has 1 heterocycles. The second-order valence-electron chi connectivity index (χ2n) is 3.58. The Hall–Kier alpha value is -2.23. The quantitative estimate of drug-likeness (QED) is 0.812. The van der Waals surface area contributed by atoms with Crippen LogP contribution in [0.5, 0.6) is 17.4 Å². The lowest BCUT2D eigenvalue weighted by Crippen LogP contribution is -1.91. The van der Waals surface area contributed by atoms with Crippen molar-refractivity contribution in [3.05, 3.63) is 42.1 Å². The van der Waals surface area contributed by atoms with E-state index in [4.69, 9.17) is 15.2 Å². The van der Waals surface area contributed by atoms with Crippen LogP contribution in [0.15, 0.2) is 36.4 Å². The number of rotatable bonds is 3. The van der Waals surface area contributed by atoms with E-state index in [1.807, 2.05) is 19.1 Å². The summed E-state index contributed by atoms with van der Waals surface area (Å²) in [6.07, 6.45) is 0. The van der Waals surface area contributed by atoms with Crippen LogP contribution in [0.1, 0.15) is 5.69 Å². The Morgan fingerprint density at radius 1 is 1.18 bits per heavy atom. The molecule has 2 rings (SSSR count). The zero-order chi connectivity index (χ0) is 12.3. The molecule has 0 unspecified atom stereocenters. The summed E-state index contributed by atoms with van der Waals surface area (Å²) in [6.45, 7) is 1.90. The van der Waals surface area contributed by atoms with Gasteiger partial charge in [0.25, 0.3) is 0 Å². The van der Waals surface area contributed by atoms with Crippen molar-refractivity contribution >= 4 is 5.69 Å². The smallest absolute Gasteiger partial charge is 0.219 e. The Balaban J connectivity index is 2.24. The largest absolute Gasteiger partial charge is 0.494 e. The topological polar surface area (TPSA) is 55.2 Å². The molecule has 1 aromatic carbocycles. The van der Waals surface area contributed by atoms with Gasteiger partial charge in [-0.1, -0.05) is 6.07 Å². The average Bonchev–Trinajstić information content (AvgIpc) is 2.32. The molecule has 0 atom stereocenters. The summed E-state index contributed by atoms with van der Waals surface area (Å²) in [5.41, 5.74) is 8.81. The van der Waals surface area contributed by atoms with E-state index in [1.165, 1.54) is 7.11 Å². The lowest BCUT2D eigenvalue weighted by atomic mass is 10.3. The van der Waals surface area contributed by atoms with Crippen molar-refractivity contribution in [2.24, 2.45) is 0 Å². The standard InChI is InChI=1S/C13H13N2O2/c1-9-4-3-5-13(15-9)17-10-6-7-11(14)12(8-10)16-2/h3-8,14H,1-2H3. The van der Waals surface area contributed by atoms with Gasteiger partial charge in [0.15, 0.2) is 0 Å². The molecular formula is C13H13N2O2. The number of aromatic nitrogens is 1. The Kier molecular flexibility index (Phi) is 3.14. The molecule has 0 spiro atoms. The molecule has 0 saturated carbocycles. The summed E-state index contributed by atoms with van der Waals surface area (Å²) in [5.74, 6) is 1.62. The second-order valence-corrected chi connectivity index (χ2v) is 3.58. The van der Waals surface area contributed by atoms with Gasteiger partial charge in [-0.25, -0.2) is 4.98 Å². The predicted molar refractivity (Wildman–Crippen MR) is 64.8 cm³/mol. The summed E-state index contributed by atoms with van der Waals surface area (Å²) >= 11 is 0. The fourth-order valence-corrected chi connectivity index (χ4v) is 1.43. The van der Waals surface area contributed by atoms with Crippen LogP contribution in [0, 0.1) is 6.92 Å². The Morgan fingerprint density at radius 2 is 2.00 bits per heavy atom. The molecule has 0 aliphatic heterocycles. The van der Waals surface area contributed by atoms with Gasteiger partial charge in [0.2, 0.25) is 5.88 Å². The van der Waals surface area contributed by atoms with Gasteiger partial charge in [0.05, 0.1) is 12.8 Å². The minimum atomic E-state index is 0.331. The molecule has 1 N–H and O–H groups in total. The van der Waals surface area contributed by atoms with Crippen LogP contribution in [-0.4, -0.2) is 12.1 Å². The maximum absolute atomic E-state index is 7.59. The molecule has 17 heavy (non-hydrogen) atoms. The zero-order valence-electron chi connectivity index (χ0n) is 9.73. The summed E-state index contributed by atoms with van der Waals surface area (Å²) in [5, 5.41) is 0. The van der Waals surface area contributed by atoms with E-state index < -0.39 is 0 Å². The minimum Gasteiger partial charge on any atom is -0.494 e. The van der Waals surface area contributed by atoms with Crippen LogP contribution in [0.4, 0.5) is 5.69 Å². The van der Waals surface area contributed by atoms with Gasteiger partial charge in [-0.2, -0.15) is 0 Å². The van der Waals surface area contributed by atoms with Crippen LogP contribution in [-0.2, 0) is 0 Å². The first-order valence-electron chi connectivity index (χ1n) is 5.20. The van der Waals surface area contributed by atoms with Crippen LogP contribution in [0.2, 0.25) is 0 Å². The Bertz CT molecular complexity index is 527. The highest BCUT2D eigenvalue weighted by Crippen LogP contribution is 2.29. The molecule has 4 heteroatoms. The number of hydrogen-bond donors (Lipinski definition) is 0. The highest BCUT2D eigenvalue weighted by atomic mass is 16.5. The van der Waals surface area contributed by atoms with Gasteiger partial charge >= 0.3 is 0 Å². The minimum absolute atomic E-state index is 0.331. The number of ether oxygens (including phenoxy) is 2. The zero-order valence-corrected chi connectivity index (χ0v) is 9.73. The number of pyridine rings is 1. The molecule has 0 saturated heterocycles. The van der Waals surface area contributed by atoms with Crippen molar-refractivity contribution in [3.63, 3.8) is 0 Å². The van der Waals surface area contributed by atoms with Crippen LogP contribution in [0.3, 0.4) is 0 Å². The van der Waals surface area contributed by atoms with E-state index in [2.05, 4.69) is 4.98 Å². The summed E-state index contributed by atoms with van der Waals surface area (Å²) in [7, 11) is 1.53. The van der Waals surface area contributed by atoms with Crippen LogP contribution in [0.25, 0.3) is 0 Å². The van der Waals surface area contributed by atoms with Crippen molar-refractivity contribution in [2.75, 3.05) is 7.11 Å². The fourth-order valence-electron chi connectivity index (χ4n) is 1.43. The van der Waals surface area contributed by atoms with Crippen molar-refractivity contribution in [2.45, 2.75) is 6.92 Å². The normalized spacial score (nSPS) is 10.0. The number of aryl methyl sites for hydroxylation is 1. The predicted octanol–water partition coefficient (Wildman–Crippen LogP) is 3.11. The summed E-state index contributed by atoms with van der Waals surface area (Å²) < 4.78 is 10.6. The molecule has 4 nitrogen and oxygen atoms in total. The maximum Gasteiger partial charge on any atom is 0.219 e. The Morgan fingerprint density at radius 3 is 2.71 bits per heavy atom. The number of hydrogen-bond acceptors (Lipinski definition) is 3. The van der Waals surface area contributed by atoms with E-state index in [0.29, 0.717) is 23.1 Å². The van der Waals surface area contributed by atoms with Gasteiger partial charge in [0, 0.05) is 17.8 Å². The van der Waals surface area contributed by atoms with Crippen LogP contribution >= 0.6 is 0 Å². The highest BCUT2D eigenvalue weighted by molar-refractivity contribution is 5.53. The van der Waals surface area contributed by atoms with E-state index in [9.17, 15) is 0 Å². The fraction of sp³-hybridized carbons (Fsp3) is 0.154. The third-order valence-corrected chi connectivity index (χ3v) is 2.26. The van der Waals surface area contributed by atoms with Crippen molar-refractivity contribution in [3.8, 4) is 17.4 Å². The van der Waals surface area contributed by atoms with E-state index in [-0.39, 0.29) is 0 Å². The lowest BCUT2D eigenvalue weighted by molar-refractivity contribution is 0.408. The van der Waals surface area contributed by atoms with Gasteiger partial charge in [-0.3, -0.25) is 5.73 Å². The molecule has 87 valence electrons. The van der Waals surface area contributed by atoms with Crippen LogP contribution < -0.4 is 15.2 Å². The lowest BCUT2D eigenvalue weighted by Gasteiger charge is -2.08. The number of nitrogens with one attached hydrogen (secondary N) is 1. The molecule has 0 aliphatic rings. The molecule has 0 aliphatic carbocycles. The summed E-state index contributed by atoms with van der Waals surface area (Å²) in [4.78, 5) is 4.24. The van der Waals surface area contributed by atoms with Gasteiger partial charge in [-0.05, 0) is 25.1 Å². The van der Waals surface area contributed by atoms with Crippen molar-refractivity contribution in [1.29, 1.82) is 0 Å². The molecule has 0 amide bonds. The first kappa shape index (κ1) is 11.3. The summed E-state index contributed by atoms with van der Waals surface area (Å²) in [6, 6.07) is 10.6. The van der Waals surface area contributed by atoms with Gasteiger partial charge in [-0.15, -0.1) is 0 Å². The van der Waals surface area contributed by atoms with Crippen molar-refractivity contribution in [1.82, 2.24) is 10.7 Å². The first-order valence-corrected chi connectivity index (χ1v) is 5.20. The average molecular weight is 229 g/mol. The van der Waals surface area contributed by atoms with Crippen molar-refractivity contribution < 1.29 is 9.47 Å². The molecule has 2 aromatic rings. The molecule has 1 aromatic heterocycles. The van der Waals surface area contributed by atoms with Gasteiger partial charge in [0.1, 0.15) is 11.5 Å². The third kappa shape index (κ3) is 2.66. The second kappa shape index (κ2) is 4.74. The van der Waals surface area contributed by atoms with E-state index in [1.54, 1.807) is 24.3 Å². The monoisotopic (exact) mass is 229 g/mol. The Labute approximate surface area is 100 Å². The number of methoxy groups -OCH3 is 1. The first-order chi connectivity index (χ1) is 8.19. The molecular weight excluding hydrogens is 216 g/mol. The highest BCUT2D eigenvalue weighted by Gasteiger charge is 2.04. The molecule has 1 radical (unpaired) electrons. The van der Waals surface area contributed by atoms with E-state index >= 15 is 0 Å². The van der Waals surface area contributed by atoms with Gasteiger partial charge < -0.3 is 9.47 Å².